The van der Waals surface area contributed by atoms with E-state index in [1.807, 2.05) is 11.6 Å². The summed E-state index contributed by atoms with van der Waals surface area (Å²) in [5, 5.41) is 7.52. The van der Waals surface area contributed by atoms with Crippen molar-refractivity contribution in [2.24, 2.45) is 0 Å². The molecule has 1 aromatic heterocycles. The van der Waals surface area contributed by atoms with E-state index >= 15 is 0 Å². The van der Waals surface area contributed by atoms with Crippen LogP contribution in [-0.2, 0) is 28.9 Å². The number of carbonyl (C=O) groups is 1. The first-order chi connectivity index (χ1) is 9.50. The number of carbonyl (C=O) groups excluding carboxylic acids is 1. The maximum absolute atomic E-state index is 11.8. The summed E-state index contributed by atoms with van der Waals surface area (Å²) in [4.78, 5) is 16.2. The van der Waals surface area contributed by atoms with Crippen LogP contribution in [0.5, 0.6) is 0 Å². The first kappa shape index (κ1) is 16.6. The van der Waals surface area contributed by atoms with Crippen LogP contribution in [0.2, 0.25) is 0 Å². The maximum atomic E-state index is 11.8. The number of nitrogens with one attached hydrogen (secondary N) is 1. The molecule has 0 aliphatic heterocycles. The molecule has 0 amide bonds. The molecule has 0 aliphatic rings. The van der Waals surface area contributed by atoms with Gasteiger partial charge in [0.15, 0.2) is 5.82 Å². The van der Waals surface area contributed by atoms with Crippen molar-refractivity contribution in [2.75, 3.05) is 14.2 Å². The Kier molecular flexibility index (Phi) is 6.13. The predicted octanol–water partition coefficient (Wildman–Crippen LogP) is 1.33. The third-order valence-corrected chi connectivity index (χ3v) is 3.66. The number of likely N-dealkylation sites (N-methyl/N-ethyl adjacent to an activating group) is 1. The number of esters is 1. The van der Waals surface area contributed by atoms with Crippen LogP contribution in [0.3, 0.4) is 0 Å². The summed E-state index contributed by atoms with van der Waals surface area (Å²) in [7, 11) is 3.19. The van der Waals surface area contributed by atoms with Crippen molar-refractivity contribution >= 4 is 5.97 Å². The van der Waals surface area contributed by atoms with Gasteiger partial charge in [-0.05, 0) is 26.8 Å². The quantitative estimate of drug-likeness (QED) is 0.729. The molecule has 6 nitrogen and oxygen atoms in total. The lowest BCUT2D eigenvalue weighted by molar-refractivity contribution is -0.148. The van der Waals surface area contributed by atoms with Crippen molar-refractivity contribution in [1.29, 1.82) is 0 Å². The molecule has 1 N–H and O–H groups in total. The number of nitrogens with zero attached hydrogens (tertiary/aromatic N) is 3. The summed E-state index contributed by atoms with van der Waals surface area (Å²) in [6.45, 7) is 6.75. The van der Waals surface area contributed by atoms with Crippen molar-refractivity contribution in [1.82, 2.24) is 20.1 Å². The Morgan fingerprint density at radius 1 is 1.40 bits per heavy atom. The highest BCUT2D eigenvalue weighted by Gasteiger charge is 2.31. The molecular formula is C14H26N4O2. The average Bonchev–Trinajstić information content (AvgIpc) is 2.88. The van der Waals surface area contributed by atoms with E-state index in [0.29, 0.717) is 6.42 Å². The second-order valence-electron chi connectivity index (χ2n) is 5.05. The molecule has 0 radical (unpaired) electrons. The molecule has 1 unspecified atom stereocenters. The van der Waals surface area contributed by atoms with Gasteiger partial charge in [0, 0.05) is 19.4 Å². The third-order valence-electron chi connectivity index (χ3n) is 3.66. The SMILES string of the molecule is CCc1nc(CC)n(CCCC(C)(NC)C(=O)OC)n1. The van der Waals surface area contributed by atoms with Gasteiger partial charge in [0.1, 0.15) is 11.4 Å². The van der Waals surface area contributed by atoms with Crippen LogP contribution in [0.4, 0.5) is 0 Å². The Labute approximate surface area is 120 Å². The third kappa shape index (κ3) is 3.79. The lowest BCUT2D eigenvalue weighted by Gasteiger charge is -2.25. The summed E-state index contributed by atoms with van der Waals surface area (Å²) in [5.41, 5.74) is -0.644. The summed E-state index contributed by atoms with van der Waals surface area (Å²) < 4.78 is 6.79. The highest BCUT2D eigenvalue weighted by atomic mass is 16.5. The minimum absolute atomic E-state index is 0.233. The van der Waals surface area contributed by atoms with Gasteiger partial charge < -0.3 is 10.1 Å². The molecule has 20 heavy (non-hydrogen) atoms. The van der Waals surface area contributed by atoms with Gasteiger partial charge in [-0.25, -0.2) is 9.67 Å². The summed E-state index contributed by atoms with van der Waals surface area (Å²) >= 11 is 0. The van der Waals surface area contributed by atoms with E-state index < -0.39 is 5.54 Å². The zero-order chi connectivity index (χ0) is 15.2. The smallest absolute Gasteiger partial charge is 0.325 e. The molecular weight excluding hydrogens is 256 g/mol. The number of hydrogen-bond donors (Lipinski definition) is 1. The Morgan fingerprint density at radius 3 is 2.60 bits per heavy atom. The van der Waals surface area contributed by atoms with E-state index in [4.69, 9.17) is 4.74 Å². The van der Waals surface area contributed by atoms with Gasteiger partial charge in [0.2, 0.25) is 0 Å². The Bertz CT molecular complexity index is 444. The van der Waals surface area contributed by atoms with Gasteiger partial charge in [-0.15, -0.1) is 0 Å². The van der Waals surface area contributed by atoms with E-state index in [1.54, 1.807) is 7.05 Å². The number of hydrogen-bond acceptors (Lipinski definition) is 5. The maximum Gasteiger partial charge on any atom is 0.325 e. The second kappa shape index (κ2) is 7.38. The fourth-order valence-corrected chi connectivity index (χ4v) is 2.15. The second-order valence-corrected chi connectivity index (χ2v) is 5.05. The van der Waals surface area contributed by atoms with Crippen molar-refractivity contribution in [3.8, 4) is 0 Å². The molecule has 1 heterocycles. The van der Waals surface area contributed by atoms with Gasteiger partial charge in [0.25, 0.3) is 0 Å². The van der Waals surface area contributed by atoms with E-state index in [0.717, 1.165) is 37.5 Å². The monoisotopic (exact) mass is 282 g/mol. The van der Waals surface area contributed by atoms with Crippen LogP contribution < -0.4 is 5.32 Å². The topological polar surface area (TPSA) is 69.0 Å². The standard InChI is InChI=1S/C14H26N4O2/c1-6-11-16-12(7-2)18(17-11)10-8-9-14(3,15-4)13(19)20-5/h15H,6-10H2,1-5H3. The van der Waals surface area contributed by atoms with Crippen molar-refractivity contribution in [2.45, 2.75) is 58.5 Å². The molecule has 0 fully saturated rings. The largest absolute Gasteiger partial charge is 0.468 e. The van der Waals surface area contributed by atoms with E-state index in [2.05, 4.69) is 29.2 Å². The van der Waals surface area contributed by atoms with Crippen molar-refractivity contribution < 1.29 is 9.53 Å². The molecule has 1 rings (SSSR count). The fraction of sp³-hybridized carbons (Fsp3) is 0.786. The predicted molar refractivity (Wildman–Crippen MR) is 77.5 cm³/mol. The van der Waals surface area contributed by atoms with Crippen LogP contribution >= 0.6 is 0 Å². The van der Waals surface area contributed by atoms with Crippen LogP contribution in [0.15, 0.2) is 0 Å². The Morgan fingerprint density at radius 2 is 2.10 bits per heavy atom. The molecule has 0 saturated carbocycles. The minimum atomic E-state index is -0.644. The lowest BCUT2D eigenvalue weighted by Crippen LogP contribution is -2.48. The first-order valence-corrected chi connectivity index (χ1v) is 7.20. The number of methoxy groups -OCH3 is 1. The molecule has 114 valence electrons. The molecule has 0 aliphatic carbocycles. The summed E-state index contributed by atoms with van der Waals surface area (Å²) in [6, 6.07) is 0. The van der Waals surface area contributed by atoms with Gasteiger partial charge in [-0.2, -0.15) is 5.10 Å². The van der Waals surface area contributed by atoms with Gasteiger partial charge in [-0.1, -0.05) is 13.8 Å². The zero-order valence-electron chi connectivity index (χ0n) is 13.2. The molecule has 1 atom stereocenters. The first-order valence-electron chi connectivity index (χ1n) is 7.20. The molecule has 0 saturated heterocycles. The number of rotatable bonds is 8. The Balaban J connectivity index is 2.63. The average molecular weight is 282 g/mol. The summed E-state index contributed by atoms with van der Waals surface area (Å²) in [6.07, 6.45) is 3.25. The van der Waals surface area contributed by atoms with E-state index in [9.17, 15) is 4.79 Å². The fourth-order valence-electron chi connectivity index (χ4n) is 2.15. The number of aromatic nitrogens is 3. The minimum Gasteiger partial charge on any atom is -0.468 e. The van der Waals surface area contributed by atoms with Crippen molar-refractivity contribution in [3.63, 3.8) is 0 Å². The highest BCUT2D eigenvalue weighted by molar-refractivity contribution is 5.80. The van der Waals surface area contributed by atoms with Crippen LogP contribution in [0.25, 0.3) is 0 Å². The molecule has 0 bridgehead atoms. The number of ether oxygens (including phenoxy) is 1. The summed E-state index contributed by atoms with van der Waals surface area (Å²) in [5.74, 6) is 1.65. The van der Waals surface area contributed by atoms with Gasteiger partial charge in [-0.3, -0.25) is 4.79 Å². The van der Waals surface area contributed by atoms with Crippen LogP contribution in [0, 0.1) is 0 Å². The lowest BCUT2D eigenvalue weighted by atomic mass is 9.96. The molecule has 0 aromatic carbocycles. The molecule has 0 spiro atoms. The van der Waals surface area contributed by atoms with Gasteiger partial charge >= 0.3 is 5.97 Å². The van der Waals surface area contributed by atoms with Gasteiger partial charge in [0.05, 0.1) is 7.11 Å². The van der Waals surface area contributed by atoms with Crippen molar-refractivity contribution in [3.05, 3.63) is 11.6 Å². The van der Waals surface area contributed by atoms with E-state index in [1.165, 1.54) is 7.11 Å². The molecule has 6 heteroatoms. The number of aryl methyl sites for hydroxylation is 3. The van der Waals surface area contributed by atoms with Crippen LogP contribution in [-0.4, -0.2) is 40.4 Å². The molecule has 1 aromatic rings. The zero-order valence-corrected chi connectivity index (χ0v) is 13.2. The van der Waals surface area contributed by atoms with Crippen LogP contribution in [0.1, 0.15) is 45.3 Å². The highest BCUT2D eigenvalue weighted by Crippen LogP contribution is 2.15. The Hall–Kier alpha value is -1.43. The van der Waals surface area contributed by atoms with E-state index in [-0.39, 0.29) is 5.97 Å². The normalized spacial score (nSPS) is 14.1.